The normalized spacial score (nSPS) is 14.3. The SMILES string of the molecule is CC1(C)c2ccccc2N(c2ccc3c(-c4cccnc4)c4cc(N5c6ccccc6C(C)(C)c6cc7c(cc65)oc5cc6cc8ccccc8cc6cc57)ccc4c(-c4cccnc4)c3c2)c2cc3oc4cc5cc6ccccc6cc5cc4c3cc21. The van der Waals surface area contributed by atoms with Gasteiger partial charge in [-0.25, -0.2) is 0 Å². The number of hydrogen-bond donors (Lipinski definition) is 0. The van der Waals surface area contributed by atoms with Gasteiger partial charge in [0.25, 0.3) is 0 Å². The van der Waals surface area contributed by atoms with Crippen LogP contribution in [0.1, 0.15) is 49.9 Å². The molecule has 19 rings (SSSR count). The van der Waals surface area contributed by atoms with Gasteiger partial charge in [-0.2, -0.15) is 0 Å². The van der Waals surface area contributed by atoms with E-state index in [-0.39, 0.29) is 10.8 Å². The molecule has 0 saturated heterocycles. The van der Waals surface area contributed by atoms with Crippen molar-refractivity contribution in [1.29, 1.82) is 0 Å². The Balaban J connectivity index is 0.835. The van der Waals surface area contributed by atoms with Gasteiger partial charge in [-0.3, -0.25) is 9.97 Å². The van der Waals surface area contributed by atoms with Crippen LogP contribution in [0, 0.1) is 0 Å². The van der Waals surface area contributed by atoms with Gasteiger partial charge >= 0.3 is 0 Å². The molecule has 6 heterocycles. The molecular weight excluding hydrogens is 1070 g/mol. The predicted molar refractivity (Wildman–Crippen MR) is 366 cm³/mol. The summed E-state index contributed by atoms with van der Waals surface area (Å²) in [6.45, 7) is 9.46. The number of benzene rings is 13. The van der Waals surface area contributed by atoms with E-state index in [1.807, 2.05) is 24.8 Å². The molecule has 0 amide bonds. The summed E-state index contributed by atoms with van der Waals surface area (Å²) >= 11 is 0. The fraction of sp³-hybridized carbons (Fsp3) is 0.0732. The number of rotatable bonds is 4. The molecule has 0 saturated carbocycles. The van der Waals surface area contributed by atoms with E-state index in [0.717, 1.165) is 122 Å². The topological polar surface area (TPSA) is 58.5 Å². The van der Waals surface area contributed by atoms with Gasteiger partial charge in [-0.1, -0.05) is 137 Å². The van der Waals surface area contributed by atoms with Gasteiger partial charge in [0.1, 0.15) is 22.3 Å². The first-order chi connectivity index (χ1) is 43.1. The van der Waals surface area contributed by atoms with Crippen molar-refractivity contribution in [2.24, 2.45) is 0 Å². The minimum atomic E-state index is -0.333. The standard InChI is InChI=1S/C82H54N4O2/c1-81(2)67-21-9-11-23-71(67)85(73-43-77-63(41-69(73)81)61-35-53-31-47-15-5-7-17-49(47)33-55(53)37-75(61)87-77)57-25-27-59-65(39-57)79(51-19-13-29-83-45-51)60-28-26-58(40-66(60)80(59)52-20-14-30-84-46-52)86-72-24-12-10-22-68(72)82(3,4)70-42-64-62-36-54-32-48-16-6-8-18-50(48)34-56(54)38-76(62)88-78(64)44-74(70)86/h5-46H,1-4H3. The smallest absolute Gasteiger partial charge is 0.137 e. The Kier molecular flexibility index (Phi) is 9.93. The van der Waals surface area contributed by atoms with Crippen LogP contribution in [0.5, 0.6) is 0 Å². The van der Waals surface area contributed by atoms with Crippen LogP contribution in [-0.4, -0.2) is 9.97 Å². The Bertz CT molecular complexity index is 5530. The number of hydrogen-bond acceptors (Lipinski definition) is 6. The molecule has 6 nitrogen and oxygen atoms in total. The molecule has 0 fully saturated rings. The monoisotopic (exact) mass is 1130 g/mol. The Morgan fingerprint density at radius 3 is 1.07 bits per heavy atom. The first-order valence-electron chi connectivity index (χ1n) is 30.4. The molecule has 0 spiro atoms. The number of para-hydroxylation sites is 2. The second kappa shape index (κ2) is 17.8. The second-order valence-electron chi connectivity index (χ2n) is 25.4. The molecule has 0 N–H and O–H groups in total. The molecule has 88 heavy (non-hydrogen) atoms. The Morgan fingerprint density at radius 2 is 0.659 bits per heavy atom. The van der Waals surface area contributed by atoms with E-state index in [2.05, 4.69) is 268 Å². The second-order valence-corrected chi connectivity index (χ2v) is 25.4. The van der Waals surface area contributed by atoms with Gasteiger partial charge in [0.15, 0.2) is 0 Å². The van der Waals surface area contributed by atoms with E-state index in [9.17, 15) is 0 Å². The maximum atomic E-state index is 6.95. The highest BCUT2D eigenvalue weighted by Gasteiger charge is 2.40. The third-order valence-electron chi connectivity index (χ3n) is 19.8. The van der Waals surface area contributed by atoms with Gasteiger partial charge in [0.05, 0.1) is 22.7 Å². The summed E-state index contributed by atoms with van der Waals surface area (Å²) < 4.78 is 13.9. The van der Waals surface area contributed by atoms with Gasteiger partial charge < -0.3 is 18.6 Å². The molecule has 4 aromatic heterocycles. The molecule has 2 aliphatic rings. The fourth-order valence-corrected chi connectivity index (χ4v) is 15.5. The molecule has 0 unspecified atom stereocenters. The largest absolute Gasteiger partial charge is 0.456 e. The van der Waals surface area contributed by atoms with Crippen LogP contribution < -0.4 is 9.80 Å². The summed E-state index contributed by atoms with van der Waals surface area (Å²) in [5, 5.41) is 18.6. The van der Waals surface area contributed by atoms with Crippen molar-refractivity contribution in [3.8, 4) is 22.3 Å². The molecule has 13 aromatic carbocycles. The van der Waals surface area contributed by atoms with Crippen molar-refractivity contribution in [1.82, 2.24) is 9.97 Å². The lowest BCUT2D eigenvalue weighted by Gasteiger charge is -2.42. The summed E-state index contributed by atoms with van der Waals surface area (Å²) in [7, 11) is 0. The highest BCUT2D eigenvalue weighted by Crippen LogP contribution is 2.58. The molecule has 0 atom stereocenters. The summed E-state index contributed by atoms with van der Waals surface area (Å²) in [4.78, 5) is 14.5. The van der Waals surface area contributed by atoms with E-state index < -0.39 is 0 Å². The Labute approximate surface area is 506 Å². The van der Waals surface area contributed by atoms with Crippen molar-refractivity contribution in [2.45, 2.75) is 38.5 Å². The van der Waals surface area contributed by atoms with E-state index in [1.54, 1.807) is 0 Å². The number of anilines is 6. The minimum Gasteiger partial charge on any atom is -0.456 e. The van der Waals surface area contributed by atoms with Crippen LogP contribution in [0.4, 0.5) is 34.1 Å². The molecule has 0 aliphatic carbocycles. The molecule has 17 aromatic rings. The van der Waals surface area contributed by atoms with Crippen LogP contribution in [0.25, 0.3) is 131 Å². The Morgan fingerprint density at radius 1 is 0.284 bits per heavy atom. The number of fused-ring (bicyclic) bond motifs is 16. The number of nitrogens with zero attached hydrogens (tertiary/aromatic N) is 4. The zero-order valence-corrected chi connectivity index (χ0v) is 48.9. The van der Waals surface area contributed by atoms with E-state index in [4.69, 9.17) is 18.8 Å². The quantitative estimate of drug-likeness (QED) is 0.164. The van der Waals surface area contributed by atoms with Crippen molar-refractivity contribution in [3.05, 3.63) is 278 Å². The summed E-state index contributed by atoms with van der Waals surface area (Å²) in [6.07, 6.45) is 7.76. The summed E-state index contributed by atoms with van der Waals surface area (Å²) in [5.74, 6) is 0. The minimum absolute atomic E-state index is 0.333. The first-order valence-corrected chi connectivity index (χ1v) is 30.4. The molecular formula is C82H54N4O2. The fourth-order valence-electron chi connectivity index (χ4n) is 15.5. The van der Waals surface area contributed by atoms with E-state index >= 15 is 0 Å². The van der Waals surface area contributed by atoms with Crippen molar-refractivity contribution < 1.29 is 8.83 Å². The lowest BCUT2D eigenvalue weighted by Crippen LogP contribution is -2.30. The maximum absolute atomic E-state index is 6.95. The highest BCUT2D eigenvalue weighted by molar-refractivity contribution is 6.23. The van der Waals surface area contributed by atoms with Crippen LogP contribution >= 0.6 is 0 Å². The van der Waals surface area contributed by atoms with Crippen LogP contribution in [0.2, 0.25) is 0 Å². The van der Waals surface area contributed by atoms with Crippen molar-refractivity contribution >= 4 is 143 Å². The van der Waals surface area contributed by atoms with Crippen LogP contribution in [-0.2, 0) is 10.8 Å². The average Bonchev–Trinajstić information content (AvgIpc) is 1.38. The van der Waals surface area contributed by atoms with Gasteiger partial charge in [0.2, 0.25) is 0 Å². The average molecular weight is 1130 g/mol. The van der Waals surface area contributed by atoms with Crippen LogP contribution in [0.3, 0.4) is 0 Å². The maximum Gasteiger partial charge on any atom is 0.137 e. The predicted octanol–water partition coefficient (Wildman–Crippen LogP) is 22.7. The van der Waals surface area contributed by atoms with Gasteiger partial charge in [0, 0.05) is 91.8 Å². The molecule has 0 radical (unpaired) electrons. The summed E-state index contributed by atoms with van der Waals surface area (Å²) in [5.41, 5.74) is 18.7. The van der Waals surface area contributed by atoms with Crippen molar-refractivity contribution in [3.63, 3.8) is 0 Å². The zero-order valence-electron chi connectivity index (χ0n) is 48.9. The third-order valence-corrected chi connectivity index (χ3v) is 19.8. The summed E-state index contributed by atoms with van der Waals surface area (Å²) in [6, 6.07) is 85.3. The van der Waals surface area contributed by atoms with Gasteiger partial charge in [-0.15, -0.1) is 0 Å². The third kappa shape index (κ3) is 6.94. The van der Waals surface area contributed by atoms with Crippen molar-refractivity contribution in [2.75, 3.05) is 9.80 Å². The molecule has 6 heteroatoms. The lowest BCUT2D eigenvalue weighted by molar-refractivity contribution is 0.630. The Hall–Kier alpha value is -11.1. The molecule has 0 bridgehead atoms. The lowest BCUT2D eigenvalue weighted by atomic mass is 9.73. The number of furan rings is 2. The highest BCUT2D eigenvalue weighted by atomic mass is 16.3. The number of pyridine rings is 2. The molecule has 2 aliphatic heterocycles. The van der Waals surface area contributed by atoms with Crippen LogP contribution in [0.15, 0.2) is 264 Å². The number of aromatic nitrogens is 2. The van der Waals surface area contributed by atoms with Gasteiger partial charge in [-0.05, 0) is 207 Å². The zero-order chi connectivity index (χ0) is 58.3. The first kappa shape index (κ1) is 49.2. The molecule has 414 valence electrons. The van der Waals surface area contributed by atoms with E-state index in [1.165, 1.54) is 65.3 Å². The van der Waals surface area contributed by atoms with E-state index in [0.29, 0.717) is 0 Å².